The van der Waals surface area contributed by atoms with Crippen LogP contribution in [0.4, 0.5) is 4.79 Å². The largest absolute Gasteiger partial charge is 0.444 e. The van der Waals surface area contributed by atoms with Gasteiger partial charge in [-0.2, -0.15) is 13.5 Å². The lowest BCUT2D eigenvalue weighted by Crippen LogP contribution is -2.49. The number of rotatable bonds is 7. The van der Waals surface area contributed by atoms with Gasteiger partial charge in [0.2, 0.25) is 0 Å². The third kappa shape index (κ3) is 6.10. The summed E-state index contributed by atoms with van der Waals surface area (Å²) in [7, 11) is -3.72. The number of aliphatic hydroxyl groups is 1. The molecule has 1 amide bonds. The van der Waals surface area contributed by atoms with Crippen LogP contribution < -0.4 is 0 Å². The third-order valence-corrected chi connectivity index (χ3v) is 7.57. The summed E-state index contributed by atoms with van der Waals surface area (Å²) in [5.41, 5.74) is 2.38. The molecule has 0 radical (unpaired) electrons. The molecule has 9 nitrogen and oxygen atoms in total. The highest BCUT2D eigenvalue weighted by Gasteiger charge is 2.46. The van der Waals surface area contributed by atoms with Gasteiger partial charge in [-0.25, -0.2) is 4.79 Å². The van der Waals surface area contributed by atoms with Crippen LogP contribution in [0, 0.1) is 5.41 Å². The number of likely N-dealkylation sites (tertiary alicyclic amines) is 1. The monoisotopic (exact) mass is 519 g/mol. The van der Waals surface area contributed by atoms with E-state index in [0.717, 1.165) is 42.3 Å². The molecule has 0 bridgehead atoms. The van der Waals surface area contributed by atoms with Crippen LogP contribution in [-0.2, 0) is 38.4 Å². The zero-order chi connectivity index (χ0) is 26.1. The Hall–Kier alpha value is -2.43. The molecule has 198 valence electrons. The van der Waals surface area contributed by atoms with Crippen molar-refractivity contribution in [1.82, 2.24) is 14.7 Å². The Bertz CT molecular complexity index is 1180. The van der Waals surface area contributed by atoms with E-state index in [2.05, 4.69) is 0 Å². The number of hydrogen-bond acceptors (Lipinski definition) is 7. The molecule has 1 aromatic carbocycles. The molecule has 1 N–H and O–H groups in total. The molecule has 2 aliphatic rings. The second kappa shape index (κ2) is 10.1. The van der Waals surface area contributed by atoms with Gasteiger partial charge in [-0.05, 0) is 64.0 Å². The van der Waals surface area contributed by atoms with Gasteiger partial charge in [0.1, 0.15) is 11.7 Å². The number of fused-ring (bicyclic) bond motifs is 1. The highest BCUT2D eigenvalue weighted by atomic mass is 32.2. The van der Waals surface area contributed by atoms with Crippen molar-refractivity contribution in [3.63, 3.8) is 0 Å². The van der Waals surface area contributed by atoms with Gasteiger partial charge in [-0.15, -0.1) is 0 Å². The quantitative estimate of drug-likeness (QED) is 0.558. The van der Waals surface area contributed by atoms with Crippen LogP contribution in [0.2, 0.25) is 0 Å². The highest BCUT2D eigenvalue weighted by molar-refractivity contribution is 7.85. The Morgan fingerprint density at radius 3 is 2.44 bits per heavy atom. The van der Waals surface area contributed by atoms with Crippen LogP contribution in [0.5, 0.6) is 0 Å². The second-order valence-corrected chi connectivity index (χ2v) is 12.6. The maximum Gasteiger partial charge on any atom is 0.410 e. The van der Waals surface area contributed by atoms with Crippen molar-refractivity contribution in [3.05, 3.63) is 52.8 Å². The summed E-state index contributed by atoms with van der Waals surface area (Å²) in [5, 5.41) is 16.6. The summed E-state index contributed by atoms with van der Waals surface area (Å²) in [5.74, 6) is 0. The normalized spacial score (nSPS) is 18.6. The van der Waals surface area contributed by atoms with E-state index in [-0.39, 0.29) is 6.61 Å². The van der Waals surface area contributed by atoms with Crippen molar-refractivity contribution in [3.8, 4) is 0 Å². The average molecular weight is 520 g/mol. The molecular formula is C26H37N3O6S. The fraction of sp³-hybridized carbons (Fsp3) is 0.615. The molecule has 1 aliphatic carbocycles. The summed E-state index contributed by atoms with van der Waals surface area (Å²) < 4.78 is 36.5. The first-order valence-corrected chi connectivity index (χ1v) is 14.3. The number of nitrogens with zero attached hydrogens (tertiary/aromatic N) is 3. The molecule has 10 heteroatoms. The predicted octanol–water partition coefficient (Wildman–Crippen LogP) is 3.45. The van der Waals surface area contributed by atoms with Crippen molar-refractivity contribution in [2.75, 3.05) is 26.0 Å². The van der Waals surface area contributed by atoms with Crippen LogP contribution in [0.15, 0.2) is 30.3 Å². The van der Waals surface area contributed by atoms with Gasteiger partial charge in [0, 0.05) is 24.2 Å². The standard InChI is InChI=1S/C26H37N3O6S/c1-25(2,3)35-24(31)28-15-13-26(14-16-28,18-34-36(4,32)33)23(30)22-20-11-8-12-21(20)29(27-22)17-19-9-6-5-7-10-19/h5-7,9-10,23,30H,8,11-18H2,1-4H3. The maximum absolute atomic E-state index is 12.6. The summed E-state index contributed by atoms with van der Waals surface area (Å²) in [6, 6.07) is 10.1. The van der Waals surface area contributed by atoms with E-state index >= 15 is 0 Å². The topological polar surface area (TPSA) is 111 Å². The van der Waals surface area contributed by atoms with Crippen molar-refractivity contribution in [1.29, 1.82) is 0 Å². The molecule has 2 heterocycles. The smallest absolute Gasteiger partial charge is 0.410 e. The van der Waals surface area contributed by atoms with E-state index in [1.807, 2.05) is 55.8 Å². The summed E-state index contributed by atoms with van der Waals surface area (Å²) in [6.45, 7) is 6.53. The molecular weight excluding hydrogens is 482 g/mol. The molecule has 1 aromatic heterocycles. The minimum Gasteiger partial charge on any atom is -0.444 e. The number of piperidine rings is 1. The van der Waals surface area contributed by atoms with Gasteiger partial charge in [0.05, 0.1) is 25.1 Å². The minimum atomic E-state index is -3.72. The zero-order valence-electron chi connectivity index (χ0n) is 21.6. The van der Waals surface area contributed by atoms with Crippen LogP contribution in [0.1, 0.15) is 68.7 Å². The van der Waals surface area contributed by atoms with E-state index in [1.54, 1.807) is 4.90 Å². The number of aromatic nitrogens is 2. The molecule has 1 unspecified atom stereocenters. The number of aliphatic hydroxyl groups excluding tert-OH is 1. The molecule has 0 saturated carbocycles. The maximum atomic E-state index is 12.6. The first-order valence-electron chi connectivity index (χ1n) is 12.5. The Kier molecular flexibility index (Phi) is 7.50. The summed E-state index contributed by atoms with van der Waals surface area (Å²) in [4.78, 5) is 14.2. The fourth-order valence-corrected chi connectivity index (χ4v) is 5.57. The molecule has 0 spiro atoms. The predicted molar refractivity (Wildman–Crippen MR) is 135 cm³/mol. The Labute approximate surface area is 213 Å². The van der Waals surface area contributed by atoms with Gasteiger partial charge < -0.3 is 14.7 Å². The summed E-state index contributed by atoms with van der Waals surface area (Å²) in [6.07, 6.45) is 3.00. The number of benzene rings is 1. The van der Waals surface area contributed by atoms with Crippen LogP contribution in [0.25, 0.3) is 0 Å². The van der Waals surface area contributed by atoms with Crippen LogP contribution >= 0.6 is 0 Å². The van der Waals surface area contributed by atoms with Crippen LogP contribution in [-0.4, -0.2) is 65.9 Å². The van der Waals surface area contributed by atoms with Crippen molar-refractivity contribution in [2.24, 2.45) is 5.41 Å². The fourth-order valence-electron chi connectivity index (χ4n) is 5.12. The average Bonchev–Trinajstić information content (AvgIpc) is 3.41. The molecule has 1 atom stereocenters. The van der Waals surface area contributed by atoms with Gasteiger partial charge in [0.15, 0.2) is 0 Å². The first kappa shape index (κ1) is 26.6. The number of amides is 1. The van der Waals surface area contributed by atoms with E-state index < -0.39 is 33.3 Å². The van der Waals surface area contributed by atoms with Crippen molar-refractivity contribution < 1.29 is 27.2 Å². The molecule has 4 rings (SSSR count). The van der Waals surface area contributed by atoms with E-state index in [1.165, 1.54) is 0 Å². The van der Waals surface area contributed by atoms with Gasteiger partial charge >= 0.3 is 6.09 Å². The Morgan fingerprint density at radius 2 is 1.83 bits per heavy atom. The molecule has 1 aliphatic heterocycles. The number of carbonyl (C=O) groups excluding carboxylic acids is 1. The van der Waals surface area contributed by atoms with Crippen molar-refractivity contribution in [2.45, 2.75) is 71.1 Å². The number of hydrogen-bond donors (Lipinski definition) is 1. The van der Waals surface area contributed by atoms with E-state index in [4.69, 9.17) is 14.0 Å². The molecule has 1 saturated heterocycles. The Morgan fingerprint density at radius 1 is 1.17 bits per heavy atom. The lowest BCUT2D eigenvalue weighted by atomic mass is 9.72. The first-order chi connectivity index (χ1) is 16.9. The molecule has 2 aromatic rings. The van der Waals surface area contributed by atoms with Crippen molar-refractivity contribution >= 4 is 16.2 Å². The second-order valence-electron chi connectivity index (χ2n) is 11.0. The number of carbonyl (C=O) groups is 1. The molecule has 36 heavy (non-hydrogen) atoms. The highest BCUT2D eigenvalue weighted by Crippen LogP contribution is 2.46. The van der Waals surface area contributed by atoms with Gasteiger partial charge in [-0.3, -0.25) is 8.86 Å². The SMILES string of the molecule is CC(C)(C)OC(=O)N1CCC(COS(C)(=O)=O)(C(O)c2nn(Cc3ccccc3)c3c2CCC3)CC1. The Balaban J connectivity index is 1.60. The lowest BCUT2D eigenvalue weighted by Gasteiger charge is -2.43. The van der Waals surface area contributed by atoms with E-state index in [0.29, 0.717) is 38.2 Å². The minimum absolute atomic E-state index is 0.171. The third-order valence-electron chi connectivity index (χ3n) is 7.02. The number of ether oxygens (including phenoxy) is 1. The zero-order valence-corrected chi connectivity index (χ0v) is 22.4. The molecule has 1 fully saturated rings. The van der Waals surface area contributed by atoms with E-state index in [9.17, 15) is 18.3 Å². The van der Waals surface area contributed by atoms with Gasteiger partial charge in [-0.1, -0.05) is 30.3 Å². The van der Waals surface area contributed by atoms with Crippen LogP contribution in [0.3, 0.4) is 0 Å². The lowest BCUT2D eigenvalue weighted by molar-refractivity contribution is -0.0586. The van der Waals surface area contributed by atoms with Gasteiger partial charge in [0.25, 0.3) is 10.1 Å². The summed E-state index contributed by atoms with van der Waals surface area (Å²) >= 11 is 0.